The fraction of sp³-hybridized carbons (Fsp3) is 0.571. The van der Waals surface area contributed by atoms with Crippen LogP contribution in [0, 0.1) is 0 Å². The van der Waals surface area contributed by atoms with Gasteiger partial charge in [-0.25, -0.2) is 0 Å². The van der Waals surface area contributed by atoms with Crippen molar-refractivity contribution < 1.29 is 18.9 Å². The van der Waals surface area contributed by atoms with Crippen molar-refractivity contribution in [2.75, 3.05) is 19.8 Å². The number of rotatable bonds is 3. The fourth-order valence-electron chi connectivity index (χ4n) is 2.31. The highest BCUT2D eigenvalue weighted by molar-refractivity contribution is 5.30. The van der Waals surface area contributed by atoms with E-state index in [1.54, 1.807) is 0 Å². The predicted octanol–water partition coefficient (Wildman–Crippen LogP) is 2.42. The lowest BCUT2D eigenvalue weighted by atomic mass is 10.1. The molecule has 0 spiro atoms. The van der Waals surface area contributed by atoms with Gasteiger partial charge in [-0.05, 0) is 37.6 Å². The zero-order valence-electron chi connectivity index (χ0n) is 10.6. The van der Waals surface area contributed by atoms with Gasteiger partial charge in [0.15, 0.2) is 12.1 Å². The molecule has 0 N–H and O–H groups in total. The second-order valence-electron chi connectivity index (χ2n) is 4.73. The van der Waals surface area contributed by atoms with E-state index in [2.05, 4.69) is 0 Å². The maximum atomic E-state index is 5.72. The molecule has 2 saturated heterocycles. The molecule has 98 valence electrons. The van der Waals surface area contributed by atoms with Crippen molar-refractivity contribution >= 4 is 0 Å². The topological polar surface area (TPSA) is 36.9 Å². The van der Waals surface area contributed by atoms with Crippen molar-refractivity contribution in [1.29, 1.82) is 0 Å². The first-order chi connectivity index (χ1) is 8.76. The van der Waals surface area contributed by atoms with Crippen molar-refractivity contribution in [1.82, 2.24) is 0 Å². The molecule has 2 heterocycles. The van der Waals surface area contributed by atoms with E-state index in [1.165, 1.54) is 0 Å². The minimum absolute atomic E-state index is 0.0922. The Balaban J connectivity index is 1.68. The zero-order chi connectivity index (χ0) is 12.4. The van der Waals surface area contributed by atoms with Crippen LogP contribution in [0.3, 0.4) is 0 Å². The molecule has 0 aliphatic carbocycles. The van der Waals surface area contributed by atoms with Gasteiger partial charge in [0, 0.05) is 12.0 Å². The third-order valence-electron chi connectivity index (χ3n) is 3.37. The molecule has 2 aliphatic rings. The number of hydrogen-bond acceptors (Lipinski definition) is 4. The number of hydrogen-bond donors (Lipinski definition) is 0. The summed E-state index contributed by atoms with van der Waals surface area (Å²) in [6.45, 7) is 4.02. The molecule has 3 rings (SSSR count). The van der Waals surface area contributed by atoms with Crippen molar-refractivity contribution in [3.8, 4) is 5.75 Å². The van der Waals surface area contributed by atoms with Crippen molar-refractivity contribution in [3.05, 3.63) is 29.8 Å². The first kappa shape index (κ1) is 12.0. The molecule has 4 nitrogen and oxygen atoms in total. The second-order valence-corrected chi connectivity index (χ2v) is 4.73. The van der Waals surface area contributed by atoms with Gasteiger partial charge in [0.1, 0.15) is 5.75 Å². The van der Waals surface area contributed by atoms with Gasteiger partial charge >= 0.3 is 0 Å². The van der Waals surface area contributed by atoms with Gasteiger partial charge in [0.25, 0.3) is 0 Å². The Hall–Kier alpha value is -1.10. The van der Waals surface area contributed by atoms with Crippen LogP contribution in [-0.4, -0.2) is 26.1 Å². The first-order valence-electron chi connectivity index (χ1n) is 6.43. The largest absolute Gasteiger partial charge is 0.465 e. The average molecular weight is 250 g/mol. The minimum Gasteiger partial charge on any atom is -0.465 e. The third kappa shape index (κ3) is 2.36. The van der Waals surface area contributed by atoms with E-state index >= 15 is 0 Å². The highest BCUT2D eigenvalue weighted by atomic mass is 16.7. The summed E-state index contributed by atoms with van der Waals surface area (Å²) in [5, 5.41) is 0. The summed E-state index contributed by atoms with van der Waals surface area (Å²) in [4.78, 5) is 0. The summed E-state index contributed by atoms with van der Waals surface area (Å²) in [6, 6.07) is 7.84. The van der Waals surface area contributed by atoms with E-state index < -0.39 is 5.79 Å². The lowest BCUT2D eigenvalue weighted by Crippen LogP contribution is -2.22. The molecule has 18 heavy (non-hydrogen) atoms. The summed E-state index contributed by atoms with van der Waals surface area (Å²) in [5.41, 5.74) is 1.01. The smallest absolute Gasteiger partial charge is 0.199 e. The maximum Gasteiger partial charge on any atom is 0.199 e. The van der Waals surface area contributed by atoms with Crippen LogP contribution in [0.25, 0.3) is 0 Å². The van der Waals surface area contributed by atoms with Crippen LogP contribution in [-0.2, 0) is 20.0 Å². The van der Waals surface area contributed by atoms with Crippen LogP contribution in [0.1, 0.15) is 25.3 Å². The summed E-state index contributed by atoms with van der Waals surface area (Å²) >= 11 is 0. The van der Waals surface area contributed by atoms with Gasteiger partial charge in [-0.1, -0.05) is 0 Å². The predicted molar refractivity (Wildman–Crippen MR) is 65.3 cm³/mol. The van der Waals surface area contributed by atoms with E-state index in [9.17, 15) is 0 Å². The zero-order valence-corrected chi connectivity index (χ0v) is 10.6. The molecule has 2 fully saturated rings. The van der Waals surface area contributed by atoms with Gasteiger partial charge in [0.2, 0.25) is 0 Å². The quantitative estimate of drug-likeness (QED) is 0.825. The Morgan fingerprint density at radius 2 is 1.83 bits per heavy atom. The van der Waals surface area contributed by atoms with Gasteiger partial charge in [0.05, 0.1) is 19.8 Å². The highest BCUT2D eigenvalue weighted by Gasteiger charge is 2.33. The Labute approximate surface area is 107 Å². The Morgan fingerprint density at radius 3 is 2.44 bits per heavy atom. The summed E-state index contributed by atoms with van der Waals surface area (Å²) in [7, 11) is 0. The molecule has 2 aliphatic heterocycles. The molecule has 0 radical (unpaired) electrons. The molecule has 0 bridgehead atoms. The standard InChI is InChI=1S/C14H18O4/c1-14(16-9-10-17-14)11-4-6-12(7-5-11)18-13-3-2-8-15-13/h4-7,13H,2-3,8-10H2,1H3. The third-order valence-corrected chi connectivity index (χ3v) is 3.37. The van der Waals surface area contributed by atoms with Gasteiger partial charge < -0.3 is 18.9 Å². The Bertz CT molecular complexity index is 389. The molecule has 1 unspecified atom stereocenters. The molecular formula is C14H18O4. The normalized spacial score (nSPS) is 26.4. The molecular weight excluding hydrogens is 232 g/mol. The summed E-state index contributed by atoms with van der Waals surface area (Å²) < 4.78 is 22.4. The lowest BCUT2D eigenvalue weighted by Gasteiger charge is -2.23. The molecule has 0 aromatic heterocycles. The van der Waals surface area contributed by atoms with E-state index in [1.807, 2.05) is 31.2 Å². The van der Waals surface area contributed by atoms with E-state index in [4.69, 9.17) is 18.9 Å². The van der Waals surface area contributed by atoms with Gasteiger partial charge in [-0.15, -0.1) is 0 Å². The van der Waals surface area contributed by atoms with Crippen molar-refractivity contribution in [2.24, 2.45) is 0 Å². The first-order valence-corrected chi connectivity index (χ1v) is 6.43. The number of benzene rings is 1. The monoisotopic (exact) mass is 250 g/mol. The fourth-order valence-corrected chi connectivity index (χ4v) is 2.31. The van der Waals surface area contributed by atoms with Gasteiger partial charge in [-0.3, -0.25) is 0 Å². The van der Waals surface area contributed by atoms with Crippen LogP contribution in [0.4, 0.5) is 0 Å². The van der Waals surface area contributed by atoms with E-state index in [0.717, 1.165) is 30.8 Å². The Kier molecular flexibility index (Phi) is 3.24. The molecule has 1 atom stereocenters. The molecule has 4 heteroatoms. The summed E-state index contributed by atoms with van der Waals surface area (Å²) in [6.07, 6.45) is 1.94. The van der Waals surface area contributed by atoms with Crippen LogP contribution in [0.5, 0.6) is 5.75 Å². The maximum absolute atomic E-state index is 5.72. The van der Waals surface area contributed by atoms with Crippen LogP contribution in [0.15, 0.2) is 24.3 Å². The highest BCUT2D eigenvalue weighted by Crippen LogP contribution is 2.32. The van der Waals surface area contributed by atoms with E-state index in [-0.39, 0.29) is 6.29 Å². The van der Waals surface area contributed by atoms with E-state index in [0.29, 0.717) is 13.2 Å². The summed E-state index contributed by atoms with van der Waals surface area (Å²) in [5.74, 6) is 0.217. The minimum atomic E-state index is -0.609. The van der Waals surface area contributed by atoms with Crippen LogP contribution < -0.4 is 4.74 Å². The van der Waals surface area contributed by atoms with Crippen molar-refractivity contribution in [2.45, 2.75) is 31.8 Å². The van der Waals surface area contributed by atoms with Gasteiger partial charge in [-0.2, -0.15) is 0 Å². The van der Waals surface area contributed by atoms with Crippen LogP contribution >= 0.6 is 0 Å². The average Bonchev–Trinajstić information content (AvgIpc) is 3.03. The second kappa shape index (κ2) is 4.88. The van der Waals surface area contributed by atoms with Crippen molar-refractivity contribution in [3.63, 3.8) is 0 Å². The molecule has 0 saturated carbocycles. The van der Waals surface area contributed by atoms with Crippen LogP contribution in [0.2, 0.25) is 0 Å². The lowest BCUT2D eigenvalue weighted by molar-refractivity contribution is -0.149. The molecule has 1 aromatic rings. The molecule has 1 aromatic carbocycles. The number of ether oxygens (including phenoxy) is 4. The Morgan fingerprint density at radius 1 is 1.11 bits per heavy atom. The SMILES string of the molecule is CC1(c2ccc(OC3CCCO3)cc2)OCCO1. The molecule has 0 amide bonds.